The van der Waals surface area contributed by atoms with Gasteiger partial charge >= 0.3 is 0 Å². The smallest absolute Gasteiger partial charge is 0.253 e. The molecule has 1 aliphatic rings. The highest BCUT2D eigenvalue weighted by atomic mass is 35.5. The number of carbonyl (C=O) groups is 1. The number of halogens is 2. The molecule has 9 heteroatoms. The number of anilines is 1. The lowest BCUT2D eigenvalue weighted by molar-refractivity contribution is 0.0767. The van der Waals surface area contributed by atoms with Gasteiger partial charge < -0.3 is 9.80 Å². The number of aromatic nitrogens is 4. The monoisotopic (exact) mass is 506 g/mol. The minimum atomic E-state index is -0.296. The number of fused-ring (bicyclic) bond motifs is 1. The maximum Gasteiger partial charge on any atom is 0.253 e. The van der Waals surface area contributed by atoms with Crippen LogP contribution in [0.1, 0.15) is 41.6 Å². The Morgan fingerprint density at radius 3 is 2.61 bits per heavy atom. The first-order valence-electron chi connectivity index (χ1n) is 12.3. The Labute approximate surface area is 214 Å². The van der Waals surface area contributed by atoms with Gasteiger partial charge in [0, 0.05) is 43.2 Å². The second kappa shape index (κ2) is 10.2. The minimum Gasteiger partial charge on any atom is -0.354 e. The summed E-state index contributed by atoms with van der Waals surface area (Å²) in [4.78, 5) is 27.0. The minimum absolute atomic E-state index is 0.0147. The van der Waals surface area contributed by atoms with Crippen LogP contribution in [0.4, 0.5) is 10.2 Å². The lowest BCUT2D eigenvalue weighted by Crippen LogP contribution is -2.35. The van der Waals surface area contributed by atoms with Gasteiger partial charge in [-0.1, -0.05) is 24.6 Å². The first-order valence-corrected chi connectivity index (χ1v) is 12.6. The maximum absolute atomic E-state index is 13.6. The molecule has 1 saturated heterocycles. The summed E-state index contributed by atoms with van der Waals surface area (Å²) in [6.45, 7) is 6.68. The van der Waals surface area contributed by atoms with Crippen LogP contribution in [0, 0.1) is 12.7 Å². The van der Waals surface area contributed by atoms with Crippen LogP contribution >= 0.6 is 11.6 Å². The Bertz CT molecular complexity index is 1400. The van der Waals surface area contributed by atoms with Crippen molar-refractivity contribution in [2.75, 3.05) is 31.1 Å². The number of benzene rings is 2. The first-order chi connectivity index (χ1) is 17.4. The van der Waals surface area contributed by atoms with E-state index in [2.05, 4.69) is 11.8 Å². The van der Waals surface area contributed by atoms with Gasteiger partial charge in [-0.3, -0.25) is 4.79 Å². The third kappa shape index (κ3) is 4.78. The summed E-state index contributed by atoms with van der Waals surface area (Å²) in [5.74, 6) is 1.28. The Morgan fingerprint density at radius 2 is 1.86 bits per heavy atom. The average Bonchev–Trinajstić information content (AvgIpc) is 3.04. The van der Waals surface area contributed by atoms with E-state index in [0.29, 0.717) is 35.9 Å². The number of hydrogen-bond donors (Lipinski definition) is 0. The van der Waals surface area contributed by atoms with Crippen LogP contribution in [0.2, 0.25) is 5.02 Å². The molecule has 0 atom stereocenters. The van der Waals surface area contributed by atoms with E-state index in [1.807, 2.05) is 11.8 Å². The summed E-state index contributed by atoms with van der Waals surface area (Å²) in [5.41, 5.74) is 2.87. The highest BCUT2D eigenvalue weighted by Gasteiger charge is 2.25. The predicted octanol–water partition coefficient (Wildman–Crippen LogP) is 5.22. The van der Waals surface area contributed by atoms with Gasteiger partial charge in [-0.25, -0.2) is 19.0 Å². The largest absolute Gasteiger partial charge is 0.354 e. The van der Waals surface area contributed by atoms with Crippen LogP contribution in [-0.4, -0.2) is 56.7 Å². The van der Waals surface area contributed by atoms with Crippen molar-refractivity contribution in [2.45, 2.75) is 33.1 Å². The van der Waals surface area contributed by atoms with Gasteiger partial charge in [0.2, 0.25) is 0 Å². The zero-order valence-electron chi connectivity index (χ0n) is 20.4. The van der Waals surface area contributed by atoms with Gasteiger partial charge in [-0.05, 0) is 62.2 Å². The second-order valence-electron chi connectivity index (χ2n) is 9.03. The fourth-order valence-electron chi connectivity index (χ4n) is 4.67. The van der Waals surface area contributed by atoms with E-state index >= 15 is 0 Å². The Morgan fingerprint density at radius 1 is 1.06 bits per heavy atom. The quantitative estimate of drug-likeness (QED) is 0.371. The lowest BCUT2D eigenvalue weighted by Gasteiger charge is -2.24. The van der Waals surface area contributed by atoms with E-state index in [1.165, 1.54) is 12.1 Å². The second-order valence-corrected chi connectivity index (χ2v) is 9.47. The van der Waals surface area contributed by atoms with E-state index in [9.17, 15) is 9.18 Å². The van der Waals surface area contributed by atoms with Crippen LogP contribution in [0.3, 0.4) is 0 Å². The molecular formula is C27H28ClFN6O. The zero-order valence-corrected chi connectivity index (χ0v) is 21.2. The number of rotatable bonds is 5. The van der Waals surface area contributed by atoms with Crippen LogP contribution in [0.15, 0.2) is 48.5 Å². The van der Waals surface area contributed by atoms with E-state index in [-0.39, 0.29) is 11.7 Å². The molecule has 1 fully saturated rings. The molecule has 0 unspecified atom stereocenters. The highest BCUT2D eigenvalue weighted by Crippen LogP contribution is 2.30. The molecule has 0 N–H and O–H groups in total. The summed E-state index contributed by atoms with van der Waals surface area (Å²) in [6, 6.07) is 13.3. The number of amides is 1. The summed E-state index contributed by atoms with van der Waals surface area (Å²) < 4.78 is 15.3. The Kier molecular flexibility index (Phi) is 6.87. The van der Waals surface area contributed by atoms with E-state index < -0.39 is 0 Å². The van der Waals surface area contributed by atoms with Crippen LogP contribution in [-0.2, 0) is 6.42 Å². The molecule has 0 spiro atoms. The topological polar surface area (TPSA) is 67.2 Å². The maximum atomic E-state index is 13.6. The zero-order chi connectivity index (χ0) is 25.2. The fraction of sp³-hybridized carbons (Fsp3) is 0.333. The molecule has 0 aliphatic carbocycles. The van der Waals surface area contributed by atoms with Crippen molar-refractivity contribution >= 4 is 34.4 Å². The standard InChI is InChI=1S/C27H28ClFN6O/c1-3-6-23-30-25(24-18(2)32-35(26(24)31-23)22-11-9-21(29)10-12-22)33-13-5-14-34(16-15-33)27(36)19-7-4-8-20(28)17-19/h4,7-12,17H,3,5-6,13-16H2,1-2H3. The fourth-order valence-corrected chi connectivity index (χ4v) is 4.86. The van der Waals surface area contributed by atoms with Crippen molar-refractivity contribution in [3.05, 3.63) is 76.5 Å². The third-order valence-corrected chi connectivity index (χ3v) is 6.66. The number of aryl methyl sites for hydroxylation is 2. The summed E-state index contributed by atoms with van der Waals surface area (Å²) in [5, 5.41) is 6.19. The third-order valence-electron chi connectivity index (χ3n) is 6.43. The number of hydrogen-bond acceptors (Lipinski definition) is 5. The molecular weight excluding hydrogens is 479 g/mol. The van der Waals surface area contributed by atoms with Crippen LogP contribution in [0.5, 0.6) is 0 Å². The van der Waals surface area contributed by atoms with Crippen LogP contribution in [0.25, 0.3) is 16.7 Å². The van der Waals surface area contributed by atoms with Gasteiger partial charge in [0.05, 0.1) is 16.8 Å². The summed E-state index contributed by atoms with van der Waals surface area (Å²) >= 11 is 6.11. The van der Waals surface area contributed by atoms with E-state index in [0.717, 1.165) is 54.2 Å². The number of nitrogens with zero attached hydrogens (tertiary/aromatic N) is 6. The molecule has 2 aromatic carbocycles. The lowest BCUT2D eigenvalue weighted by atomic mass is 10.2. The number of carbonyl (C=O) groups excluding carboxylic acids is 1. The average molecular weight is 507 g/mol. The molecule has 5 rings (SSSR count). The van der Waals surface area contributed by atoms with Gasteiger partial charge in [0.15, 0.2) is 5.65 Å². The Hall–Kier alpha value is -3.52. The normalized spacial score (nSPS) is 14.3. The summed E-state index contributed by atoms with van der Waals surface area (Å²) in [6.07, 6.45) is 2.46. The summed E-state index contributed by atoms with van der Waals surface area (Å²) in [7, 11) is 0. The van der Waals surface area contributed by atoms with Crippen LogP contribution < -0.4 is 4.90 Å². The van der Waals surface area contributed by atoms with E-state index in [4.69, 9.17) is 26.7 Å². The molecule has 1 aliphatic heterocycles. The predicted molar refractivity (Wildman–Crippen MR) is 140 cm³/mol. The first kappa shape index (κ1) is 24.2. The SMILES string of the molecule is CCCc1nc(N2CCCN(C(=O)c3cccc(Cl)c3)CC2)c2c(C)nn(-c3ccc(F)cc3)c2n1. The molecule has 0 bridgehead atoms. The van der Waals surface area contributed by atoms with Crippen molar-refractivity contribution in [1.29, 1.82) is 0 Å². The van der Waals surface area contributed by atoms with Crippen molar-refractivity contribution in [3.63, 3.8) is 0 Å². The molecule has 0 radical (unpaired) electrons. The highest BCUT2D eigenvalue weighted by molar-refractivity contribution is 6.30. The van der Waals surface area contributed by atoms with Crippen molar-refractivity contribution in [3.8, 4) is 5.69 Å². The Balaban J connectivity index is 1.49. The molecule has 4 aromatic rings. The molecule has 2 aromatic heterocycles. The molecule has 186 valence electrons. The molecule has 1 amide bonds. The molecule has 7 nitrogen and oxygen atoms in total. The molecule has 36 heavy (non-hydrogen) atoms. The van der Waals surface area contributed by atoms with Gasteiger partial charge in [0.1, 0.15) is 17.5 Å². The van der Waals surface area contributed by atoms with Crippen molar-refractivity contribution < 1.29 is 9.18 Å². The van der Waals surface area contributed by atoms with Gasteiger partial charge in [-0.15, -0.1) is 0 Å². The molecule has 0 saturated carbocycles. The van der Waals surface area contributed by atoms with Gasteiger partial charge in [0.25, 0.3) is 5.91 Å². The van der Waals surface area contributed by atoms with Crippen molar-refractivity contribution in [1.82, 2.24) is 24.6 Å². The van der Waals surface area contributed by atoms with E-state index in [1.54, 1.807) is 41.1 Å². The molecule has 3 heterocycles. The van der Waals surface area contributed by atoms with Gasteiger partial charge in [-0.2, -0.15) is 5.10 Å². The van der Waals surface area contributed by atoms with Crippen molar-refractivity contribution in [2.24, 2.45) is 0 Å².